The molecular formula is C22H26N2O4S. The Labute approximate surface area is 172 Å². The van der Waals surface area contributed by atoms with E-state index in [1.807, 2.05) is 31.2 Å². The Bertz CT molecular complexity index is 1040. The van der Waals surface area contributed by atoms with Crippen molar-refractivity contribution in [3.05, 3.63) is 65.2 Å². The van der Waals surface area contributed by atoms with Gasteiger partial charge in [0.1, 0.15) is 4.90 Å². The Kier molecular flexibility index (Phi) is 5.54. The number of benzene rings is 2. The molecule has 0 aromatic heterocycles. The molecular weight excluding hydrogens is 388 g/mol. The van der Waals surface area contributed by atoms with Crippen LogP contribution in [0.25, 0.3) is 0 Å². The monoisotopic (exact) mass is 414 g/mol. The summed E-state index contributed by atoms with van der Waals surface area (Å²) in [7, 11) is -3.89. The fourth-order valence-electron chi connectivity index (χ4n) is 3.32. The number of rotatable bonds is 5. The minimum atomic E-state index is -3.89. The minimum Gasteiger partial charge on any atom is -0.350 e. The molecule has 0 unspecified atom stereocenters. The van der Waals surface area contributed by atoms with Crippen LogP contribution in [0.1, 0.15) is 61.6 Å². The summed E-state index contributed by atoms with van der Waals surface area (Å²) < 4.78 is 25.9. The maximum Gasteiger partial charge on any atom is 0.269 e. The quantitative estimate of drug-likeness (QED) is 0.813. The van der Waals surface area contributed by atoms with Gasteiger partial charge in [0.05, 0.1) is 11.6 Å². The Morgan fingerprint density at radius 3 is 2.28 bits per heavy atom. The van der Waals surface area contributed by atoms with Gasteiger partial charge >= 0.3 is 0 Å². The third-order valence-corrected chi connectivity index (χ3v) is 6.95. The van der Waals surface area contributed by atoms with Gasteiger partial charge in [-0.3, -0.25) is 9.59 Å². The van der Waals surface area contributed by atoms with Crippen LogP contribution in [0.5, 0.6) is 0 Å². The number of nitrogens with one attached hydrogen (secondary N) is 1. The maximum atomic E-state index is 12.5. The van der Waals surface area contributed by atoms with Crippen LogP contribution in [0, 0.1) is 0 Å². The van der Waals surface area contributed by atoms with Gasteiger partial charge in [0.25, 0.3) is 15.9 Å². The number of hydrogen-bond acceptors (Lipinski definition) is 4. The molecule has 1 atom stereocenters. The average molecular weight is 415 g/mol. The van der Waals surface area contributed by atoms with Crippen LogP contribution in [0.4, 0.5) is 0 Å². The van der Waals surface area contributed by atoms with Crippen molar-refractivity contribution in [3.8, 4) is 0 Å². The predicted octanol–water partition coefficient (Wildman–Crippen LogP) is 3.40. The maximum absolute atomic E-state index is 12.5. The van der Waals surface area contributed by atoms with Crippen LogP contribution in [0.15, 0.2) is 53.4 Å². The lowest BCUT2D eigenvalue weighted by Gasteiger charge is -2.21. The molecule has 1 aliphatic heterocycles. The highest BCUT2D eigenvalue weighted by molar-refractivity contribution is 7.90. The first-order valence-electron chi connectivity index (χ1n) is 9.58. The van der Waals surface area contributed by atoms with Crippen LogP contribution >= 0.6 is 0 Å². The number of carbonyl (C=O) groups is 2. The van der Waals surface area contributed by atoms with Crippen molar-refractivity contribution in [2.24, 2.45) is 0 Å². The molecule has 2 aromatic carbocycles. The first-order valence-corrected chi connectivity index (χ1v) is 11.0. The van der Waals surface area contributed by atoms with Crippen molar-refractivity contribution in [3.63, 3.8) is 0 Å². The summed E-state index contributed by atoms with van der Waals surface area (Å²) in [5.74, 6) is -0.893. The average Bonchev–Trinajstić information content (AvgIpc) is 2.86. The topological polar surface area (TPSA) is 83.6 Å². The zero-order valence-electron chi connectivity index (χ0n) is 17.1. The number of nitrogens with zero attached hydrogens (tertiary/aromatic N) is 1. The van der Waals surface area contributed by atoms with Gasteiger partial charge in [-0.2, -0.15) is 0 Å². The second kappa shape index (κ2) is 7.63. The lowest BCUT2D eigenvalue weighted by atomic mass is 9.86. The zero-order valence-corrected chi connectivity index (χ0v) is 17.9. The van der Waals surface area contributed by atoms with E-state index in [1.54, 1.807) is 12.1 Å². The van der Waals surface area contributed by atoms with Gasteiger partial charge < -0.3 is 5.32 Å². The van der Waals surface area contributed by atoms with Crippen molar-refractivity contribution < 1.29 is 18.0 Å². The Morgan fingerprint density at radius 2 is 1.69 bits per heavy atom. The summed E-state index contributed by atoms with van der Waals surface area (Å²) in [6.07, 6.45) is -0.0939. The molecule has 0 radical (unpaired) electrons. The first kappa shape index (κ1) is 21.0. The first-order chi connectivity index (χ1) is 13.5. The van der Waals surface area contributed by atoms with Crippen molar-refractivity contribution in [1.82, 2.24) is 9.62 Å². The molecule has 1 N–H and O–H groups in total. The molecule has 2 amide bonds. The SMILES string of the molecule is C[C@H](NC(=O)CCN1C(=O)c2ccccc2S1(=O)=O)c1ccc(C(C)(C)C)cc1. The lowest BCUT2D eigenvalue weighted by molar-refractivity contribution is -0.121. The summed E-state index contributed by atoms with van der Waals surface area (Å²) in [5, 5.41) is 2.87. The summed E-state index contributed by atoms with van der Waals surface area (Å²) >= 11 is 0. The van der Waals surface area contributed by atoms with E-state index in [1.165, 1.54) is 17.7 Å². The molecule has 0 saturated heterocycles. The molecule has 6 nitrogen and oxygen atoms in total. The third kappa shape index (κ3) is 4.19. The third-order valence-electron chi connectivity index (χ3n) is 5.11. The molecule has 0 spiro atoms. The Hall–Kier alpha value is -2.67. The van der Waals surface area contributed by atoms with E-state index in [4.69, 9.17) is 0 Å². The largest absolute Gasteiger partial charge is 0.350 e. The van der Waals surface area contributed by atoms with Crippen molar-refractivity contribution >= 4 is 21.8 Å². The van der Waals surface area contributed by atoms with E-state index in [0.717, 1.165) is 9.87 Å². The summed E-state index contributed by atoms with van der Waals surface area (Å²) in [6.45, 7) is 8.10. The highest BCUT2D eigenvalue weighted by atomic mass is 32.2. The smallest absolute Gasteiger partial charge is 0.269 e. The lowest BCUT2D eigenvalue weighted by Crippen LogP contribution is -2.35. The number of hydrogen-bond donors (Lipinski definition) is 1. The van der Waals surface area contributed by atoms with Gasteiger partial charge in [-0.05, 0) is 35.6 Å². The van der Waals surface area contributed by atoms with Gasteiger partial charge in [-0.1, -0.05) is 57.2 Å². The minimum absolute atomic E-state index is 0.00212. The highest BCUT2D eigenvalue weighted by Crippen LogP contribution is 2.30. The van der Waals surface area contributed by atoms with Gasteiger partial charge in [0.2, 0.25) is 5.91 Å². The van der Waals surface area contributed by atoms with E-state index >= 15 is 0 Å². The van der Waals surface area contributed by atoms with Crippen LogP contribution in [0.3, 0.4) is 0 Å². The van der Waals surface area contributed by atoms with Crippen LogP contribution < -0.4 is 5.32 Å². The normalized spacial score (nSPS) is 16.4. The van der Waals surface area contributed by atoms with Crippen LogP contribution in [-0.4, -0.2) is 31.1 Å². The summed E-state index contributed by atoms with van der Waals surface area (Å²) in [5.41, 5.74) is 2.37. The number of carbonyl (C=O) groups excluding carboxylic acids is 2. The molecule has 0 bridgehead atoms. The Morgan fingerprint density at radius 1 is 1.07 bits per heavy atom. The van der Waals surface area contributed by atoms with Crippen LogP contribution in [-0.2, 0) is 20.2 Å². The van der Waals surface area contributed by atoms with Gasteiger partial charge in [-0.25, -0.2) is 12.7 Å². The second-order valence-corrected chi connectivity index (χ2v) is 10.1. The van der Waals surface area contributed by atoms with Crippen molar-refractivity contribution in [2.45, 2.75) is 50.5 Å². The van der Waals surface area contributed by atoms with Crippen molar-refractivity contribution in [1.29, 1.82) is 0 Å². The molecule has 0 saturated carbocycles. The molecule has 1 aliphatic rings. The highest BCUT2D eigenvalue weighted by Gasteiger charge is 2.40. The van der Waals surface area contributed by atoms with E-state index in [-0.39, 0.29) is 40.8 Å². The predicted molar refractivity (Wildman–Crippen MR) is 111 cm³/mol. The van der Waals surface area contributed by atoms with Gasteiger partial charge in [-0.15, -0.1) is 0 Å². The van der Waals surface area contributed by atoms with E-state index in [9.17, 15) is 18.0 Å². The van der Waals surface area contributed by atoms with Crippen LogP contribution in [0.2, 0.25) is 0 Å². The molecule has 7 heteroatoms. The molecule has 2 aromatic rings. The number of sulfonamides is 1. The number of fused-ring (bicyclic) bond motifs is 1. The number of amides is 2. The molecule has 154 valence electrons. The van der Waals surface area contributed by atoms with E-state index in [0.29, 0.717) is 0 Å². The molecule has 0 fully saturated rings. The molecule has 0 aliphatic carbocycles. The van der Waals surface area contributed by atoms with Gasteiger partial charge in [0.15, 0.2) is 0 Å². The molecule has 29 heavy (non-hydrogen) atoms. The fraction of sp³-hybridized carbons (Fsp3) is 0.364. The fourth-order valence-corrected chi connectivity index (χ4v) is 4.89. The molecule has 3 rings (SSSR count). The van der Waals surface area contributed by atoms with E-state index in [2.05, 4.69) is 26.1 Å². The van der Waals surface area contributed by atoms with Crippen molar-refractivity contribution in [2.75, 3.05) is 6.54 Å². The standard InChI is InChI=1S/C22H26N2O4S/c1-15(16-9-11-17(12-10-16)22(2,3)4)23-20(25)13-14-24-21(26)18-7-5-6-8-19(18)29(24,27)28/h5-12,15H,13-14H2,1-4H3,(H,23,25)/t15-/m0/s1. The summed E-state index contributed by atoms with van der Waals surface area (Å²) in [6, 6.07) is 13.9. The van der Waals surface area contributed by atoms with Gasteiger partial charge in [0, 0.05) is 13.0 Å². The molecule has 1 heterocycles. The van der Waals surface area contributed by atoms with E-state index < -0.39 is 15.9 Å². The second-order valence-electron chi connectivity index (χ2n) is 8.29. The summed E-state index contributed by atoms with van der Waals surface area (Å²) in [4.78, 5) is 24.8. The zero-order chi connectivity index (χ0) is 21.4. The Balaban J connectivity index is 1.61.